The van der Waals surface area contributed by atoms with Gasteiger partial charge in [0.05, 0.1) is 14.2 Å². The largest absolute Gasteiger partial charge is 0.496 e. The molecule has 0 fully saturated rings. The molecule has 0 saturated heterocycles. The Morgan fingerprint density at radius 3 is 2.07 bits per heavy atom. The van der Waals surface area contributed by atoms with Crippen molar-refractivity contribution < 1.29 is 14.3 Å². The summed E-state index contributed by atoms with van der Waals surface area (Å²) in [5, 5.41) is 0. The van der Waals surface area contributed by atoms with Gasteiger partial charge in [0.1, 0.15) is 17.8 Å². The first-order valence-corrected chi connectivity index (χ1v) is 4.38. The van der Waals surface area contributed by atoms with Gasteiger partial charge in [0.25, 0.3) is 0 Å². The Labute approximate surface area is 83.6 Å². The van der Waals surface area contributed by atoms with E-state index in [4.69, 9.17) is 9.47 Å². The molecular weight excluding hydrogens is 180 g/mol. The summed E-state index contributed by atoms with van der Waals surface area (Å²) in [4.78, 5) is 10.5. The summed E-state index contributed by atoms with van der Waals surface area (Å²) in [5.41, 5.74) is 1.85. The number of ether oxygens (including phenoxy) is 2. The minimum Gasteiger partial charge on any atom is -0.496 e. The maximum absolute atomic E-state index is 10.5. The maximum atomic E-state index is 10.5. The average molecular weight is 194 g/mol. The van der Waals surface area contributed by atoms with Crippen molar-refractivity contribution >= 4 is 6.29 Å². The predicted octanol–water partition coefficient (Wildman–Crippen LogP) is 1.75. The Kier molecular flexibility index (Phi) is 3.51. The molecule has 0 heterocycles. The van der Waals surface area contributed by atoms with Crippen molar-refractivity contribution in [3.8, 4) is 11.5 Å². The molecule has 0 unspecified atom stereocenters. The number of rotatable bonds is 4. The molecule has 1 rings (SSSR count). The molecule has 0 aliphatic rings. The Balaban J connectivity index is 3.24. The van der Waals surface area contributed by atoms with Gasteiger partial charge in [-0.2, -0.15) is 0 Å². The van der Waals surface area contributed by atoms with Gasteiger partial charge in [-0.15, -0.1) is 0 Å². The molecule has 1 aromatic carbocycles. The molecule has 0 spiro atoms. The fourth-order valence-corrected chi connectivity index (χ4v) is 1.40. The highest BCUT2D eigenvalue weighted by molar-refractivity contribution is 5.61. The molecule has 0 saturated carbocycles. The molecule has 0 N–H and O–H groups in total. The number of aldehydes is 1. The van der Waals surface area contributed by atoms with Crippen LogP contribution in [0.4, 0.5) is 0 Å². The van der Waals surface area contributed by atoms with Crippen LogP contribution in [0.25, 0.3) is 0 Å². The number of benzene rings is 1. The van der Waals surface area contributed by atoms with Crippen molar-refractivity contribution in [3.05, 3.63) is 23.3 Å². The van der Waals surface area contributed by atoms with Gasteiger partial charge in [0.15, 0.2) is 0 Å². The van der Waals surface area contributed by atoms with Crippen molar-refractivity contribution in [2.45, 2.75) is 13.3 Å². The molecule has 0 aliphatic carbocycles. The molecule has 3 heteroatoms. The summed E-state index contributed by atoms with van der Waals surface area (Å²) >= 11 is 0. The molecule has 0 bridgehead atoms. The minimum absolute atomic E-state index is 0.312. The molecule has 1 aromatic rings. The van der Waals surface area contributed by atoms with Gasteiger partial charge in [0, 0.05) is 12.0 Å². The normalized spacial score (nSPS) is 9.64. The van der Waals surface area contributed by atoms with Gasteiger partial charge in [0.2, 0.25) is 0 Å². The third-order valence-electron chi connectivity index (χ3n) is 2.04. The molecule has 14 heavy (non-hydrogen) atoms. The summed E-state index contributed by atoms with van der Waals surface area (Å²) in [6, 6.07) is 3.78. The summed E-state index contributed by atoms with van der Waals surface area (Å²) in [6.45, 7) is 1.95. The lowest BCUT2D eigenvalue weighted by Gasteiger charge is -2.12. The van der Waals surface area contributed by atoms with Crippen LogP contribution in [0.3, 0.4) is 0 Å². The fourth-order valence-electron chi connectivity index (χ4n) is 1.40. The van der Waals surface area contributed by atoms with Crippen molar-refractivity contribution in [1.82, 2.24) is 0 Å². The third kappa shape index (κ3) is 2.05. The Morgan fingerprint density at radius 1 is 1.21 bits per heavy atom. The van der Waals surface area contributed by atoms with E-state index in [2.05, 4.69) is 0 Å². The maximum Gasteiger partial charge on any atom is 0.126 e. The van der Waals surface area contributed by atoms with Gasteiger partial charge in [-0.25, -0.2) is 0 Å². The molecule has 0 amide bonds. The summed E-state index contributed by atoms with van der Waals surface area (Å²) < 4.78 is 10.4. The molecular formula is C11H14O3. The fraction of sp³-hybridized carbons (Fsp3) is 0.364. The number of aryl methyl sites for hydroxylation is 1. The van der Waals surface area contributed by atoms with Crippen molar-refractivity contribution in [3.63, 3.8) is 0 Å². The second kappa shape index (κ2) is 4.65. The average Bonchev–Trinajstić information content (AvgIpc) is 2.20. The first-order chi connectivity index (χ1) is 6.72. The quantitative estimate of drug-likeness (QED) is 0.685. The van der Waals surface area contributed by atoms with Gasteiger partial charge in [-0.3, -0.25) is 0 Å². The lowest BCUT2D eigenvalue weighted by atomic mass is 10.1. The van der Waals surface area contributed by atoms with Crippen LogP contribution >= 0.6 is 0 Å². The van der Waals surface area contributed by atoms with E-state index >= 15 is 0 Å². The molecule has 0 aliphatic heterocycles. The molecule has 0 aromatic heterocycles. The van der Waals surface area contributed by atoms with E-state index in [-0.39, 0.29) is 0 Å². The first kappa shape index (κ1) is 10.6. The highest BCUT2D eigenvalue weighted by Crippen LogP contribution is 2.30. The molecule has 76 valence electrons. The van der Waals surface area contributed by atoms with E-state index in [1.165, 1.54) is 0 Å². The van der Waals surface area contributed by atoms with E-state index in [9.17, 15) is 4.79 Å². The highest BCUT2D eigenvalue weighted by atomic mass is 16.5. The number of carbonyl (C=O) groups is 1. The number of hydrogen-bond acceptors (Lipinski definition) is 3. The summed E-state index contributed by atoms with van der Waals surface area (Å²) in [5.74, 6) is 1.41. The first-order valence-electron chi connectivity index (χ1n) is 4.38. The molecule has 0 radical (unpaired) electrons. The molecule has 0 atom stereocenters. The Hall–Kier alpha value is -1.51. The Bertz CT molecular complexity index is 306. The smallest absolute Gasteiger partial charge is 0.126 e. The van der Waals surface area contributed by atoms with Crippen LogP contribution < -0.4 is 9.47 Å². The van der Waals surface area contributed by atoms with Crippen LogP contribution in [-0.4, -0.2) is 20.5 Å². The third-order valence-corrected chi connectivity index (χ3v) is 2.04. The number of carbonyl (C=O) groups excluding carboxylic acids is 1. The SMILES string of the molecule is COc1cc(C)cc(OC)c1CC=O. The zero-order chi connectivity index (χ0) is 10.6. The highest BCUT2D eigenvalue weighted by Gasteiger charge is 2.10. The van der Waals surface area contributed by atoms with E-state index in [0.717, 1.165) is 17.4 Å². The van der Waals surface area contributed by atoms with E-state index < -0.39 is 0 Å². The van der Waals surface area contributed by atoms with Gasteiger partial charge in [-0.05, 0) is 24.6 Å². The van der Waals surface area contributed by atoms with Crippen LogP contribution in [0.15, 0.2) is 12.1 Å². The standard InChI is InChI=1S/C11H14O3/c1-8-6-10(13-2)9(4-5-12)11(7-8)14-3/h5-7H,4H2,1-3H3. The predicted molar refractivity (Wildman–Crippen MR) is 54.1 cm³/mol. The number of methoxy groups -OCH3 is 2. The van der Waals surface area contributed by atoms with Gasteiger partial charge >= 0.3 is 0 Å². The van der Waals surface area contributed by atoms with Gasteiger partial charge < -0.3 is 14.3 Å². The van der Waals surface area contributed by atoms with Crippen molar-refractivity contribution in [1.29, 1.82) is 0 Å². The van der Waals surface area contributed by atoms with Crippen LogP contribution in [0.2, 0.25) is 0 Å². The second-order valence-electron chi connectivity index (χ2n) is 3.02. The lowest BCUT2D eigenvalue weighted by Crippen LogP contribution is -1.98. The zero-order valence-electron chi connectivity index (χ0n) is 8.66. The van der Waals surface area contributed by atoms with Gasteiger partial charge in [-0.1, -0.05) is 0 Å². The van der Waals surface area contributed by atoms with Crippen LogP contribution in [0.5, 0.6) is 11.5 Å². The second-order valence-corrected chi connectivity index (χ2v) is 3.02. The summed E-state index contributed by atoms with van der Waals surface area (Å²) in [6.07, 6.45) is 1.16. The molecule has 3 nitrogen and oxygen atoms in total. The number of hydrogen-bond donors (Lipinski definition) is 0. The topological polar surface area (TPSA) is 35.5 Å². The monoisotopic (exact) mass is 194 g/mol. The summed E-state index contributed by atoms with van der Waals surface area (Å²) in [7, 11) is 3.17. The zero-order valence-corrected chi connectivity index (χ0v) is 8.66. The minimum atomic E-state index is 0.312. The van der Waals surface area contributed by atoms with Crippen molar-refractivity contribution in [2.75, 3.05) is 14.2 Å². The van der Waals surface area contributed by atoms with Crippen LogP contribution in [-0.2, 0) is 11.2 Å². The van der Waals surface area contributed by atoms with E-state index in [1.807, 2.05) is 19.1 Å². The Morgan fingerprint density at radius 2 is 1.71 bits per heavy atom. The lowest BCUT2D eigenvalue weighted by molar-refractivity contribution is -0.107. The van der Waals surface area contributed by atoms with Crippen LogP contribution in [0, 0.1) is 6.92 Å². The van der Waals surface area contributed by atoms with E-state index in [0.29, 0.717) is 17.9 Å². The van der Waals surface area contributed by atoms with E-state index in [1.54, 1.807) is 14.2 Å². The van der Waals surface area contributed by atoms with Crippen molar-refractivity contribution in [2.24, 2.45) is 0 Å². The van der Waals surface area contributed by atoms with Crippen LogP contribution in [0.1, 0.15) is 11.1 Å².